The molecule has 1 amide bonds. The normalized spacial score (nSPS) is 13.6. The van der Waals surface area contributed by atoms with Gasteiger partial charge in [0.1, 0.15) is 10.8 Å². The third-order valence-electron chi connectivity index (χ3n) is 4.45. The second-order valence-electron chi connectivity index (χ2n) is 6.40. The standard InChI is InChI=1S/C18H24N4O3S2/c1-5-22-15(12-7-8-12)20-21-18(22)26-9-13(23)19-16-14(17(24)25-6-2)10(3)11(4)27-16/h12H,5-9H2,1-4H3,(H,19,23). The first-order valence-electron chi connectivity index (χ1n) is 9.09. The van der Waals surface area contributed by atoms with Crippen molar-refractivity contribution in [3.8, 4) is 0 Å². The number of aryl methyl sites for hydroxylation is 1. The second-order valence-corrected chi connectivity index (χ2v) is 8.57. The molecule has 0 atom stereocenters. The fourth-order valence-corrected chi connectivity index (χ4v) is 4.68. The maximum Gasteiger partial charge on any atom is 0.341 e. The molecule has 3 rings (SSSR count). The lowest BCUT2D eigenvalue weighted by Gasteiger charge is -2.08. The van der Waals surface area contributed by atoms with Gasteiger partial charge in [-0.3, -0.25) is 4.79 Å². The number of rotatable bonds is 8. The van der Waals surface area contributed by atoms with E-state index >= 15 is 0 Å². The molecule has 27 heavy (non-hydrogen) atoms. The molecule has 2 aromatic heterocycles. The van der Waals surface area contributed by atoms with Gasteiger partial charge >= 0.3 is 5.97 Å². The van der Waals surface area contributed by atoms with Gasteiger partial charge in [-0.25, -0.2) is 4.79 Å². The van der Waals surface area contributed by atoms with Crippen molar-refractivity contribution >= 4 is 40.0 Å². The lowest BCUT2D eigenvalue weighted by molar-refractivity contribution is -0.113. The highest BCUT2D eigenvalue weighted by Gasteiger charge is 2.30. The van der Waals surface area contributed by atoms with E-state index in [1.54, 1.807) is 6.92 Å². The summed E-state index contributed by atoms with van der Waals surface area (Å²) < 4.78 is 7.21. The molecule has 0 aliphatic heterocycles. The van der Waals surface area contributed by atoms with Crippen LogP contribution in [0.3, 0.4) is 0 Å². The lowest BCUT2D eigenvalue weighted by atomic mass is 10.1. The highest BCUT2D eigenvalue weighted by atomic mass is 32.2. The fourth-order valence-electron chi connectivity index (χ4n) is 2.80. The number of esters is 1. The largest absolute Gasteiger partial charge is 0.462 e. The zero-order valence-electron chi connectivity index (χ0n) is 16.0. The quantitative estimate of drug-likeness (QED) is 0.529. The minimum atomic E-state index is -0.401. The summed E-state index contributed by atoms with van der Waals surface area (Å²) in [6.07, 6.45) is 2.33. The van der Waals surface area contributed by atoms with Crippen molar-refractivity contribution in [2.24, 2.45) is 0 Å². The Hall–Kier alpha value is -1.87. The number of hydrogen-bond donors (Lipinski definition) is 1. The van der Waals surface area contributed by atoms with Gasteiger partial charge in [-0.15, -0.1) is 21.5 Å². The Morgan fingerprint density at radius 2 is 2.04 bits per heavy atom. The van der Waals surface area contributed by atoms with E-state index in [4.69, 9.17) is 4.74 Å². The summed E-state index contributed by atoms with van der Waals surface area (Å²) in [6.45, 7) is 8.71. The van der Waals surface area contributed by atoms with Crippen LogP contribution in [0.5, 0.6) is 0 Å². The third-order valence-corrected chi connectivity index (χ3v) is 6.54. The summed E-state index contributed by atoms with van der Waals surface area (Å²) in [6, 6.07) is 0. The van der Waals surface area contributed by atoms with Crippen LogP contribution in [-0.2, 0) is 16.1 Å². The smallest absolute Gasteiger partial charge is 0.341 e. The molecule has 1 aliphatic rings. The summed E-state index contributed by atoms with van der Waals surface area (Å²) in [4.78, 5) is 25.7. The number of thiophene rings is 1. The van der Waals surface area contributed by atoms with Crippen LogP contribution in [0.25, 0.3) is 0 Å². The van der Waals surface area contributed by atoms with Crippen LogP contribution in [-0.4, -0.2) is 39.0 Å². The number of amides is 1. The van der Waals surface area contributed by atoms with E-state index in [-0.39, 0.29) is 11.7 Å². The molecular formula is C18H24N4O3S2. The molecule has 7 nitrogen and oxygen atoms in total. The van der Waals surface area contributed by atoms with Gasteiger partial charge in [-0.1, -0.05) is 11.8 Å². The van der Waals surface area contributed by atoms with Gasteiger partial charge in [0.2, 0.25) is 5.91 Å². The molecule has 0 bridgehead atoms. The lowest BCUT2D eigenvalue weighted by Crippen LogP contribution is -2.17. The molecule has 146 valence electrons. The van der Waals surface area contributed by atoms with Crippen molar-refractivity contribution < 1.29 is 14.3 Å². The first-order chi connectivity index (χ1) is 13.0. The van der Waals surface area contributed by atoms with Crippen molar-refractivity contribution in [2.75, 3.05) is 17.7 Å². The number of aromatic nitrogens is 3. The Balaban J connectivity index is 1.66. The van der Waals surface area contributed by atoms with Gasteiger partial charge in [0, 0.05) is 17.3 Å². The Bertz CT molecular complexity index is 855. The number of carbonyl (C=O) groups excluding carboxylic acids is 2. The average Bonchev–Trinajstić information content (AvgIpc) is 3.33. The monoisotopic (exact) mass is 408 g/mol. The summed E-state index contributed by atoms with van der Waals surface area (Å²) in [7, 11) is 0. The molecule has 0 saturated heterocycles. The summed E-state index contributed by atoms with van der Waals surface area (Å²) in [5, 5.41) is 12.7. The Morgan fingerprint density at radius 3 is 2.67 bits per heavy atom. The maximum atomic E-state index is 12.5. The number of thioether (sulfide) groups is 1. The van der Waals surface area contributed by atoms with E-state index in [0.29, 0.717) is 23.1 Å². The van der Waals surface area contributed by atoms with Gasteiger partial charge < -0.3 is 14.6 Å². The van der Waals surface area contributed by atoms with Crippen molar-refractivity contribution in [3.05, 3.63) is 21.8 Å². The number of nitrogens with zero attached hydrogens (tertiary/aromatic N) is 3. The molecule has 0 aromatic carbocycles. The Labute approximate surface area is 166 Å². The maximum absolute atomic E-state index is 12.5. The van der Waals surface area contributed by atoms with E-state index < -0.39 is 5.97 Å². The van der Waals surface area contributed by atoms with Crippen molar-refractivity contribution in [1.29, 1.82) is 0 Å². The number of ether oxygens (including phenoxy) is 1. The number of nitrogens with one attached hydrogen (secondary N) is 1. The molecule has 1 saturated carbocycles. The topological polar surface area (TPSA) is 86.1 Å². The van der Waals surface area contributed by atoms with E-state index in [0.717, 1.165) is 40.8 Å². The second kappa shape index (κ2) is 8.43. The van der Waals surface area contributed by atoms with Gasteiger partial charge in [-0.2, -0.15) is 0 Å². The first-order valence-corrected chi connectivity index (χ1v) is 10.9. The minimum absolute atomic E-state index is 0.176. The predicted molar refractivity (Wildman–Crippen MR) is 107 cm³/mol. The predicted octanol–water partition coefficient (Wildman–Crippen LogP) is 3.76. The van der Waals surface area contributed by atoms with Crippen LogP contribution >= 0.6 is 23.1 Å². The van der Waals surface area contributed by atoms with Crippen LogP contribution in [0.4, 0.5) is 5.00 Å². The van der Waals surface area contributed by atoms with Gasteiger partial charge in [0.25, 0.3) is 0 Å². The van der Waals surface area contributed by atoms with Crippen molar-refractivity contribution in [1.82, 2.24) is 14.8 Å². The highest BCUT2D eigenvalue weighted by Crippen LogP contribution is 2.40. The van der Waals surface area contributed by atoms with Gasteiger partial charge in [0.05, 0.1) is 17.9 Å². The Kier molecular flexibility index (Phi) is 6.21. The summed E-state index contributed by atoms with van der Waals surface area (Å²) in [5.41, 5.74) is 1.30. The van der Waals surface area contributed by atoms with E-state index in [2.05, 4.69) is 27.0 Å². The molecule has 9 heteroatoms. The van der Waals surface area contributed by atoms with Gasteiger partial charge in [-0.05, 0) is 46.1 Å². The first kappa shape index (κ1) is 19.9. The zero-order valence-corrected chi connectivity index (χ0v) is 17.6. The SMILES string of the molecule is CCOC(=O)c1c(NC(=O)CSc2nnc(C3CC3)n2CC)sc(C)c1C. The van der Waals surface area contributed by atoms with Crippen LogP contribution in [0.1, 0.15) is 59.2 Å². The molecule has 1 fully saturated rings. The van der Waals surface area contributed by atoms with Crippen LogP contribution < -0.4 is 5.32 Å². The Morgan fingerprint density at radius 1 is 1.30 bits per heavy atom. The molecule has 0 radical (unpaired) electrons. The number of carbonyl (C=O) groups is 2. The third kappa shape index (κ3) is 4.35. The van der Waals surface area contributed by atoms with Crippen LogP contribution in [0.2, 0.25) is 0 Å². The molecule has 1 aliphatic carbocycles. The van der Waals surface area contributed by atoms with E-state index in [1.807, 2.05) is 13.8 Å². The summed E-state index contributed by atoms with van der Waals surface area (Å²) in [5.74, 6) is 1.17. The minimum Gasteiger partial charge on any atom is -0.462 e. The molecule has 0 spiro atoms. The highest BCUT2D eigenvalue weighted by molar-refractivity contribution is 7.99. The molecule has 2 heterocycles. The van der Waals surface area contributed by atoms with Crippen LogP contribution in [0, 0.1) is 13.8 Å². The average molecular weight is 409 g/mol. The van der Waals surface area contributed by atoms with E-state index in [1.165, 1.54) is 23.1 Å². The summed E-state index contributed by atoms with van der Waals surface area (Å²) >= 11 is 2.76. The molecule has 0 unspecified atom stereocenters. The number of hydrogen-bond acceptors (Lipinski definition) is 7. The van der Waals surface area contributed by atoms with Crippen molar-refractivity contribution in [3.63, 3.8) is 0 Å². The molecule has 1 N–H and O–H groups in total. The van der Waals surface area contributed by atoms with Gasteiger partial charge in [0.15, 0.2) is 5.16 Å². The van der Waals surface area contributed by atoms with Crippen LogP contribution in [0.15, 0.2) is 5.16 Å². The zero-order chi connectivity index (χ0) is 19.6. The number of anilines is 1. The molecule has 2 aromatic rings. The van der Waals surface area contributed by atoms with Crippen molar-refractivity contribution in [2.45, 2.75) is 58.2 Å². The fraction of sp³-hybridized carbons (Fsp3) is 0.556. The van der Waals surface area contributed by atoms with E-state index in [9.17, 15) is 9.59 Å². The molecular weight excluding hydrogens is 384 g/mol.